The molecule has 1 aliphatic rings. The third-order valence-corrected chi connectivity index (χ3v) is 5.94. The van der Waals surface area contributed by atoms with E-state index in [0.717, 1.165) is 42.5 Å². The smallest absolute Gasteiger partial charge is 0.241 e. The number of nitrogens with zero attached hydrogens (tertiary/aromatic N) is 2. The van der Waals surface area contributed by atoms with Gasteiger partial charge >= 0.3 is 0 Å². The van der Waals surface area contributed by atoms with Crippen LogP contribution in [0, 0.1) is 0 Å². The number of methoxy groups -OCH3 is 1. The lowest BCUT2D eigenvalue weighted by Gasteiger charge is -2.37. The number of hydrogen-bond donors (Lipinski definition) is 2. The lowest BCUT2D eigenvalue weighted by atomic mass is 10.1. The molecule has 0 radical (unpaired) electrons. The fraction of sp³-hybridized carbons (Fsp3) is 0.391. The lowest BCUT2D eigenvalue weighted by molar-refractivity contribution is -0.124. The van der Waals surface area contributed by atoms with Crippen LogP contribution in [0.3, 0.4) is 0 Å². The van der Waals surface area contributed by atoms with E-state index in [9.17, 15) is 9.59 Å². The van der Waals surface area contributed by atoms with Gasteiger partial charge in [-0.1, -0.05) is 18.2 Å². The average Bonchev–Trinajstić information content (AvgIpc) is 3.15. The molecule has 2 aromatic carbocycles. The number of fused-ring (bicyclic) bond motifs is 3. The van der Waals surface area contributed by atoms with Crippen LogP contribution in [0.2, 0.25) is 0 Å². The zero-order valence-corrected chi connectivity index (χ0v) is 18.1. The predicted molar refractivity (Wildman–Crippen MR) is 120 cm³/mol. The van der Waals surface area contributed by atoms with Crippen molar-refractivity contribution in [2.45, 2.75) is 13.0 Å². The van der Waals surface area contributed by atoms with Gasteiger partial charge in [0.2, 0.25) is 11.8 Å². The van der Waals surface area contributed by atoms with Crippen LogP contribution in [0.15, 0.2) is 40.8 Å². The van der Waals surface area contributed by atoms with Crippen molar-refractivity contribution in [2.24, 2.45) is 0 Å². The number of carbonyl (C=O) groups is 2. The fourth-order valence-corrected chi connectivity index (χ4v) is 4.01. The van der Waals surface area contributed by atoms with Crippen LogP contribution >= 0.6 is 0 Å². The minimum absolute atomic E-state index is 0.00677. The summed E-state index contributed by atoms with van der Waals surface area (Å²) >= 11 is 0. The number of hydrogen-bond acceptors (Lipinski definition) is 6. The maximum absolute atomic E-state index is 13.0. The van der Waals surface area contributed by atoms with E-state index in [1.54, 1.807) is 14.2 Å². The molecule has 164 valence electrons. The highest BCUT2D eigenvalue weighted by Gasteiger charge is 2.27. The Morgan fingerprint density at radius 2 is 1.84 bits per heavy atom. The molecule has 3 aromatic rings. The van der Waals surface area contributed by atoms with Crippen LogP contribution in [0.5, 0.6) is 5.75 Å². The number of nitrogens with one attached hydrogen (secondary N) is 2. The van der Waals surface area contributed by atoms with E-state index in [0.29, 0.717) is 23.6 Å². The van der Waals surface area contributed by atoms with Crippen LogP contribution in [-0.2, 0) is 9.59 Å². The second kappa shape index (κ2) is 8.95. The Morgan fingerprint density at radius 1 is 1.10 bits per heavy atom. The topological polar surface area (TPSA) is 87.1 Å². The second-order valence-electron chi connectivity index (χ2n) is 7.80. The molecule has 0 saturated carbocycles. The number of amides is 2. The number of anilines is 1. The molecule has 0 spiro atoms. The molecular formula is C23H28N4O4. The number of carbonyl (C=O) groups excluding carboxylic acids is 2. The molecule has 8 heteroatoms. The first-order valence-electron chi connectivity index (χ1n) is 10.5. The zero-order valence-electron chi connectivity index (χ0n) is 18.1. The van der Waals surface area contributed by atoms with Gasteiger partial charge in [0.05, 0.1) is 25.4 Å². The fourth-order valence-electron chi connectivity index (χ4n) is 4.01. The largest absolute Gasteiger partial charge is 0.495 e. The monoisotopic (exact) mass is 424 g/mol. The third-order valence-electron chi connectivity index (χ3n) is 5.94. The van der Waals surface area contributed by atoms with Gasteiger partial charge in [0, 0.05) is 50.1 Å². The second-order valence-corrected chi connectivity index (χ2v) is 7.80. The van der Waals surface area contributed by atoms with Crippen molar-refractivity contribution in [1.82, 2.24) is 15.1 Å². The van der Waals surface area contributed by atoms with Gasteiger partial charge in [-0.25, -0.2) is 0 Å². The molecule has 2 N–H and O–H groups in total. The SMILES string of the molecule is CNC(=O)CN1CCN([C@H](C)C(=O)Nc2cc3oc4ccccc4c3cc2OC)CC1. The number of ether oxygens (including phenoxy) is 1. The standard InChI is InChI=1S/C23H28N4O4/c1-15(27-10-8-26(9-11-27)14-22(28)24-2)23(29)25-18-13-20-17(12-21(18)30-3)16-6-4-5-7-19(16)31-20/h4-7,12-13,15H,8-11,14H2,1-3H3,(H,24,28)(H,25,29)/t15-/m1/s1. The molecule has 0 aliphatic carbocycles. The number of benzene rings is 2. The highest BCUT2D eigenvalue weighted by atomic mass is 16.5. The summed E-state index contributed by atoms with van der Waals surface area (Å²) < 4.78 is 11.5. The number of likely N-dealkylation sites (N-methyl/N-ethyl adjacent to an activating group) is 1. The molecular weight excluding hydrogens is 396 g/mol. The van der Waals surface area contributed by atoms with Gasteiger partial charge in [0.15, 0.2) is 0 Å². The normalized spacial score (nSPS) is 16.4. The van der Waals surface area contributed by atoms with E-state index in [4.69, 9.17) is 9.15 Å². The lowest BCUT2D eigenvalue weighted by Crippen LogP contribution is -2.54. The van der Waals surface area contributed by atoms with Gasteiger partial charge in [0.1, 0.15) is 16.9 Å². The molecule has 1 saturated heterocycles. The van der Waals surface area contributed by atoms with E-state index < -0.39 is 0 Å². The van der Waals surface area contributed by atoms with Crippen molar-refractivity contribution in [1.29, 1.82) is 0 Å². The molecule has 2 amide bonds. The third kappa shape index (κ3) is 4.35. The van der Waals surface area contributed by atoms with Crippen LogP contribution in [-0.4, -0.2) is 74.5 Å². The van der Waals surface area contributed by atoms with Gasteiger partial charge in [0.25, 0.3) is 0 Å². The first-order chi connectivity index (χ1) is 15.0. The summed E-state index contributed by atoms with van der Waals surface area (Å²) in [6.07, 6.45) is 0. The van der Waals surface area contributed by atoms with Crippen molar-refractivity contribution >= 4 is 39.4 Å². The number of furan rings is 1. The average molecular weight is 425 g/mol. The first-order valence-corrected chi connectivity index (χ1v) is 10.5. The van der Waals surface area contributed by atoms with Crippen molar-refractivity contribution in [3.05, 3.63) is 36.4 Å². The Bertz CT molecular complexity index is 1100. The zero-order chi connectivity index (χ0) is 22.0. The molecule has 4 rings (SSSR count). The molecule has 1 aliphatic heterocycles. The van der Waals surface area contributed by atoms with Crippen LogP contribution in [0.4, 0.5) is 5.69 Å². The summed E-state index contributed by atoms with van der Waals surface area (Å²) in [7, 11) is 3.23. The number of rotatable bonds is 6. The summed E-state index contributed by atoms with van der Waals surface area (Å²) in [6.45, 7) is 5.24. The van der Waals surface area contributed by atoms with Crippen LogP contribution in [0.1, 0.15) is 6.92 Å². The van der Waals surface area contributed by atoms with Crippen molar-refractivity contribution < 1.29 is 18.7 Å². The van der Waals surface area contributed by atoms with E-state index in [1.807, 2.05) is 43.3 Å². The van der Waals surface area contributed by atoms with Gasteiger partial charge in [-0.05, 0) is 19.1 Å². The molecule has 1 aromatic heterocycles. The molecule has 1 fully saturated rings. The Labute approximate surface area is 181 Å². The molecule has 8 nitrogen and oxygen atoms in total. The predicted octanol–water partition coefficient (Wildman–Crippen LogP) is 2.29. The van der Waals surface area contributed by atoms with Crippen molar-refractivity contribution in [3.63, 3.8) is 0 Å². The number of para-hydroxylation sites is 1. The van der Waals surface area contributed by atoms with Gasteiger partial charge in [-0.3, -0.25) is 19.4 Å². The van der Waals surface area contributed by atoms with Gasteiger partial charge in [-0.2, -0.15) is 0 Å². The Balaban J connectivity index is 1.46. The minimum Gasteiger partial charge on any atom is -0.495 e. The Morgan fingerprint density at radius 3 is 2.55 bits per heavy atom. The summed E-state index contributed by atoms with van der Waals surface area (Å²) in [5.41, 5.74) is 2.09. The molecule has 2 heterocycles. The maximum Gasteiger partial charge on any atom is 0.241 e. The van der Waals surface area contributed by atoms with Crippen molar-refractivity contribution in [2.75, 3.05) is 52.2 Å². The highest BCUT2D eigenvalue weighted by Crippen LogP contribution is 2.36. The van der Waals surface area contributed by atoms with Gasteiger partial charge in [-0.15, -0.1) is 0 Å². The van der Waals surface area contributed by atoms with E-state index in [-0.39, 0.29) is 17.9 Å². The summed E-state index contributed by atoms with van der Waals surface area (Å²) in [6, 6.07) is 11.2. The van der Waals surface area contributed by atoms with Crippen molar-refractivity contribution in [3.8, 4) is 5.75 Å². The molecule has 31 heavy (non-hydrogen) atoms. The Hall–Kier alpha value is -3.10. The van der Waals surface area contributed by atoms with Crippen LogP contribution in [0.25, 0.3) is 21.9 Å². The van der Waals surface area contributed by atoms with E-state index in [1.165, 1.54) is 0 Å². The van der Waals surface area contributed by atoms with E-state index in [2.05, 4.69) is 20.4 Å². The van der Waals surface area contributed by atoms with E-state index >= 15 is 0 Å². The summed E-state index contributed by atoms with van der Waals surface area (Å²) in [5, 5.41) is 7.61. The van der Waals surface area contributed by atoms with Gasteiger partial charge < -0.3 is 19.8 Å². The molecule has 1 atom stereocenters. The summed E-state index contributed by atoms with van der Waals surface area (Å²) in [5.74, 6) is 0.496. The number of piperazine rings is 1. The van der Waals surface area contributed by atoms with Crippen LogP contribution < -0.4 is 15.4 Å². The molecule has 0 bridgehead atoms. The first kappa shape index (κ1) is 21.1. The minimum atomic E-state index is -0.307. The quantitative estimate of drug-likeness (QED) is 0.631. The highest BCUT2D eigenvalue weighted by molar-refractivity contribution is 6.08. The maximum atomic E-state index is 13.0. The molecule has 0 unspecified atom stereocenters. The Kier molecular flexibility index (Phi) is 6.11. The summed E-state index contributed by atoms with van der Waals surface area (Å²) in [4.78, 5) is 28.8.